The fourth-order valence-corrected chi connectivity index (χ4v) is 1.54. The van der Waals surface area contributed by atoms with Crippen LogP contribution in [0.5, 0.6) is 0 Å². The van der Waals surface area contributed by atoms with Crippen LogP contribution < -0.4 is 5.73 Å². The van der Waals surface area contributed by atoms with Crippen molar-refractivity contribution in [2.75, 3.05) is 6.61 Å². The number of rotatable bonds is 2. The summed E-state index contributed by atoms with van der Waals surface area (Å²) in [5.74, 6) is 0. The fourth-order valence-electron chi connectivity index (χ4n) is 1.54. The highest BCUT2D eigenvalue weighted by atomic mass is 16.3. The summed E-state index contributed by atoms with van der Waals surface area (Å²) in [5.41, 5.74) is 8.68. The van der Waals surface area contributed by atoms with E-state index in [9.17, 15) is 0 Å². The highest BCUT2D eigenvalue weighted by Gasteiger charge is 2.21. The van der Waals surface area contributed by atoms with E-state index in [0.29, 0.717) is 0 Å². The van der Waals surface area contributed by atoms with Crippen LogP contribution in [0.1, 0.15) is 23.6 Å². The van der Waals surface area contributed by atoms with E-state index in [4.69, 9.17) is 10.8 Å². The Balaban J connectivity index is 3.16. The van der Waals surface area contributed by atoms with Crippen LogP contribution in [0.15, 0.2) is 18.2 Å². The van der Waals surface area contributed by atoms with E-state index in [-0.39, 0.29) is 6.61 Å². The van der Waals surface area contributed by atoms with E-state index in [2.05, 4.69) is 6.07 Å². The molecular weight excluding hydrogens is 162 g/mol. The molecule has 3 N–H and O–H groups in total. The van der Waals surface area contributed by atoms with Crippen molar-refractivity contribution < 1.29 is 5.11 Å². The molecule has 1 rings (SSSR count). The number of nitrogens with two attached hydrogens (primary N) is 1. The van der Waals surface area contributed by atoms with Gasteiger partial charge in [-0.05, 0) is 31.9 Å². The van der Waals surface area contributed by atoms with Gasteiger partial charge in [0.05, 0.1) is 12.1 Å². The molecular formula is C11H17NO. The summed E-state index contributed by atoms with van der Waals surface area (Å²) < 4.78 is 0. The maximum Gasteiger partial charge on any atom is 0.0650 e. The molecule has 1 aromatic rings. The summed E-state index contributed by atoms with van der Waals surface area (Å²) in [6.45, 7) is 5.87. The van der Waals surface area contributed by atoms with Crippen molar-refractivity contribution in [2.24, 2.45) is 5.73 Å². The molecule has 0 saturated carbocycles. The lowest BCUT2D eigenvalue weighted by atomic mass is 9.89. The maximum absolute atomic E-state index is 9.12. The van der Waals surface area contributed by atoms with Crippen molar-refractivity contribution in [2.45, 2.75) is 26.3 Å². The monoisotopic (exact) mass is 179 g/mol. The van der Waals surface area contributed by atoms with Crippen LogP contribution >= 0.6 is 0 Å². The molecule has 1 aromatic carbocycles. The van der Waals surface area contributed by atoms with Gasteiger partial charge < -0.3 is 10.8 Å². The van der Waals surface area contributed by atoms with Crippen LogP contribution in [0, 0.1) is 13.8 Å². The largest absolute Gasteiger partial charge is 0.394 e. The SMILES string of the molecule is Cc1ccc(C(C)(N)CO)c(C)c1. The van der Waals surface area contributed by atoms with E-state index in [1.807, 2.05) is 32.9 Å². The second-order valence-electron chi connectivity index (χ2n) is 3.89. The summed E-state index contributed by atoms with van der Waals surface area (Å²) in [4.78, 5) is 0. The van der Waals surface area contributed by atoms with Gasteiger partial charge in [0.25, 0.3) is 0 Å². The molecule has 0 aliphatic carbocycles. The molecule has 72 valence electrons. The van der Waals surface area contributed by atoms with Crippen molar-refractivity contribution in [1.82, 2.24) is 0 Å². The van der Waals surface area contributed by atoms with Gasteiger partial charge in [-0.2, -0.15) is 0 Å². The van der Waals surface area contributed by atoms with Crippen LogP contribution in [-0.4, -0.2) is 11.7 Å². The zero-order valence-electron chi connectivity index (χ0n) is 8.46. The molecule has 0 radical (unpaired) electrons. The van der Waals surface area contributed by atoms with Gasteiger partial charge in [-0.1, -0.05) is 23.8 Å². The van der Waals surface area contributed by atoms with Crippen molar-refractivity contribution in [1.29, 1.82) is 0 Å². The Morgan fingerprint density at radius 2 is 2.00 bits per heavy atom. The molecule has 0 aromatic heterocycles. The Labute approximate surface area is 79.4 Å². The number of aliphatic hydroxyl groups excluding tert-OH is 1. The smallest absolute Gasteiger partial charge is 0.0650 e. The van der Waals surface area contributed by atoms with Gasteiger partial charge in [0.2, 0.25) is 0 Å². The second-order valence-corrected chi connectivity index (χ2v) is 3.89. The second kappa shape index (κ2) is 3.48. The third-order valence-electron chi connectivity index (χ3n) is 2.33. The van der Waals surface area contributed by atoms with Crippen LogP contribution in [0.4, 0.5) is 0 Å². The first kappa shape index (κ1) is 10.2. The molecule has 1 atom stereocenters. The molecule has 2 heteroatoms. The Kier molecular flexibility index (Phi) is 2.74. The fraction of sp³-hybridized carbons (Fsp3) is 0.455. The normalized spacial score (nSPS) is 15.5. The third kappa shape index (κ3) is 2.08. The number of aliphatic hydroxyl groups is 1. The highest BCUT2D eigenvalue weighted by Crippen LogP contribution is 2.21. The molecule has 0 fully saturated rings. The van der Waals surface area contributed by atoms with Crippen LogP contribution in [0.2, 0.25) is 0 Å². The molecule has 0 heterocycles. The summed E-state index contributed by atoms with van der Waals surface area (Å²) in [6, 6.07) is 6.08. The minimum atomic E-state index is -0.627. The maximum atomic E-state index is 9.12. The molecule has 1 unspecified atom stereocenters. The number of benzene rings is 1. The number of aryl methyl sites for hydroxylation is 2. The van der Waals surface area contributed by atoms with Gasteiger partial charge in [0, 0.05) is 0 Å². The molecule has 0 bridgehead atoms. The van der Waals surface area contributed by atoms with Crippen molar-refractivity contribution >= 4 is 0 Å². The molecule has 0 saturated heterocycles. The van der Waals surface area contributed by atoms with E-state index >= 15 is 0 Å². The average Bonchev–Trinajstić information content (AvgIpc) is 2.03. The standard InChI is InChI=1S/C11H17NO/c1-8-4-5-10(9(2)6-8)11(3,12)7-13/h4-6,13H,7,12H2,1-3H3. The summed E-state index contributed by atoms with van der Waals surface area (Å²) in [6.07, 6.45) is 0. The first-order chi connectivity index (χ1) is 5.97. The molecule has 0 spiro atoms. The molecule has 2 nitrogen and oxygen atoms in total. The Bertz CT molecular complexity index is 305. The van der Waals surface area contributed by atoms with Crippen LogP contribution in [0.3, 0.4) is 0 Å². The first-order valence-electron chi connectivity index (χ1n) is 4.45. The van der Waals surface area contributed by atoms with Gasteiger partial charge in [-0.3, -0.25) is 0 Å². The predicted octanol–water partition coefficient (Wildman–Crippen LogP) is 1.47. The minimum absolute atomic E-state index is 0.0309. The molecule has 0 aliphatic heterocycles. The zero-order valence-corrected chi connectivity index (χ0v) is 8.46. The van der Waals surface area contributed by atoms with E-state index in [1.165, 1.54) is 5.56 Å². The van der Waals surface area contributed by atoms with Gasteiger partial charge in [0.15, 0.2) is 0 Å². The van der Waals surface area contributed by atoms with E-state index < -0.39 is 5.54 Å². The summed E-state index contributed by atoms with van der Waals surface area (Å²) in [7, 11) is 0. The van der Waals surface area contributed by atoms with Crippen LogP contribution in [0.25, 0.3) is 0 Å². The number of hydrogen-bond acceptors (Lipinski definition) is 2. The molecule has 13 heavy (non-hydrogen) atoms. The van der Waals surface area contributed by atoms with Gasteiger partial charge >= 0.3 is 0 Å². The lowest BCUT2D eigenvalue weighted by molar-refractivity contribution is 0.209. The van der Waals surface area contributed by atoms with Gasteiger partial charge in [-0.25, -0.2) is 0 Å². The van der Waals surface area contributed by atoms with Crippen molar-refractivity contribution in [3.05, 3.63) is 34.9 Å². The van der Waals surface area contributed by atoms with Crippen LogP contribution in [-0.2, 0) is 5.54 Å². The molecule has 0 amide bonds. The number of hydrogen-bond donors (Lipinski definition) is 2. The Morgan fingerprint density at radius 3 is 2.46 bits per heavy atom. The Morgan fingerprint density at radius 1 is 1.38 bits per heavy atom. The lowest BCUT2D eigenvalue weighted by Crippen LogP contribution is -2.37. The average molecular weight is 179 g/mol. The lowest BCUT2D eigenvalue weighted by Gasteiger charge is -2.24. The quantitative estimate of drug-likeness (QED) is 0.722. The summed E-state index contributed by atoms with van der Waals surface area (Å²) in [5, 5.41) is 9.12. The Hall–Kier alpha value is -0.860. The highest BCUT2D eigenvalue weighted by molar-refractivity contribution is 5.35. The van der Waals surface area contributed by atoms with Gasteiger partial charge in [0.1, 0.15) is 0 Å². The van der Waals surface area contributed by atoms with Crippen molar-refractivity contribution in [3.63, 3.8) is 0 Å². The van der Waals surface area contributed by atoms with E-state index in [1.54, 1.807) is 0 Å². The third-order valence-corrected chi connectivity index (χ3v) is 2.33. The minimum Gasteiger partial charge on any atom is -0.394 e. The van der Waals surface area contributed by atoms with E-state index in [0.717, 1.165) is 11.1 Å². The summed E-state index contributed by atoms with van der Waals surface area (Å²) >= 11 is 0. The molecule has 0 aliphatic rings. The van der Waals surface area contributed by atoms with Crippen molar-refractivity contribution in [3.8, 4) is 0 Å². The van der Waals surface area contributed by atoms with Gasteiger partial charge in [-0.15, -0.1) is 0 Å². The predicted molar refractivity (Wildman–Crippen MR) is 54.5 cm³/mol. The topological polar surface area (TPSA) is 46.2 Å². The first-order valence-corrected chi connectivity index (χ1v) is 4.45. The zero-order chi connectivity index (χ0) is 10.1.